The van der Waals surface area contributed by atoms with E-state index in [2.05, 4.69) is 30.6 Å². The number of halogens is 1. The summed E-state index contributed by atoms with van der Waals surface area (Å²) < 4.78 is 13.1. The van der Waals surface area contributed by atoms with Crippen LogP contribution in [0.5, 0.6) is 0 Å². The van der Waals surface area contributed by atoms with E-state index in [9.17, 15) is 4.39 Å². The summed E-state index contributed by atoms with van der Waals surface area (Å²) in [4.78, 5) is 1.30. The second-order valence-corrected chi connectivity index (χ2v) is 5.89. The van der Waals surface area contributed by atoms with Gasteiger partial charge in [0.2, 0.25) is 0 Å². The minimum absolute atomic E-state index is 0.00702. The van der Waals surface area contributed by atoms with Gasteiger partial charge in [-0.3, -0.25) is 0 Å². The molecule has 2 rings (SSSR count). The fourth-order valence-corrected chi connectivity index (χ4v) is 2.60. The molecule has 3 N–H and O–H groups in total. The van der Waals surface area contributed by atoms with E-state index in [0.717, 1.165) is 0 Å². The predicted octanol–water partition coefficient (Wildman–Crippen LogP) is 3.86. The van der Waals surface area contributed by atoms with E-state index in [1.165, 1.54) is 17.0 Å². The molecule has 2 aromatic rings. The highest BCUT2D eigenvalue weighted by atomic mass is 32.1. The summed E-state index contributed by atoms with van der Waals surface area (Å²) in [6, 6.07) is 8.53. The van der Waals surface area contributed by atoms with Crippen molar-refractivity contribution < 1.29 is 4.39 Å². The van der Waals surface area contributed by atoms with Gasteiger partial charge < -0.3 is 11.1 Å². The van der Waals surface area contributed by atoms with E-state index in [0.29, 0.717) is 17.9 Å². The van der Waals surface area contributed by atoms with Crippen LogP contribution in [-0.2, 0) is 5.41 Å². The molecular weight excluding hydrogens is 247 g/mol. The van der Waals surface area contributed by atoms with Crippen LogP contribution in [-0.4, -0.2) is 6.54 Å². The molecule has 0 unspecified atom stereocenters. The fraction of sp³-hybridized carbons (Fsp3) is 0.286. The summed E-state index contributed by atoms with van der Waals surface area (Å²) in [6.45, 7) is 5.02. The van der Waals surface area contributed by atoms with Crippen LogP contribution in [0.1, 0.15) is 18.7 Å². The lowest BCUT2D eigenvalue weighted by atomic mass is 9.91. The summed E-state index contributed by atoms with van der Waals surface area (Å²) in [5.41, 5.74) is 7.02. The molecule has 0 saturated carbocycles. The van der Waals surface area contributed by atoms with Crippen LogP contribution in [0.4, 0.5) is 15.8 Å². The molecule has 1 aromatic heterocycles. The van der Waals surface area contributed by atoms with Gasteiger partial charge in [0, 0.05) is 16.8 Å². The lowest BCUT2D eigenvalue weighted by Crippen LogP contribution is -2.26. The molecule has 0 bridgehead atoms. The van der Waals surface area contributed by atoms with Crippen molar-refractivity contribution in [2.75, 3.05) is 17.6 Å². The van der Waals surface area contributed by atoms with Crippen molar-refractivity contribution in [2.24, 2.45) is 0 Å². The maximum Gasteiger partial charge on any atom is 0.125 e. The smallest absolute Gasteiger partial charge is 0.125 e. The first-order chi connectivity index (χ1) is 8.49. The first-order valence-electron chi connectivity index (χ1n) is 5.82. The van der Waals surface area contributed by atoms with Crippen molar-refractivity contribution in [1.82, 2.24) is 0 Å². The average Bonchev–Trinajstić information content (AvgIpc) is 2.85. The Balaban J connectivity index is 2.09. The van der Waals surface area contributed by atoms with Crippen molar-refractivity contribution in [3.05, 3.63) is 46.4 Å². The third kappa shape index (κ3) is 2.82. The Kier molecular flexibility index (Phi) is 3.57. The first-order valence-corrected chi connectivity index (χ1v) is 6.70. The summed E-state index contributed by atoms with van der Waals surface area (Å²) in [5, 5.41) is 5.29. The van der Waals surface area contributed by atoms with Crippen LogP contribution in [0, 0.1) is 5.82 Å². The van der Waals surface area contributed by atoms with Crippen LogP contribution < -0.4 is 11.1 Å². The minimum Gasteiger partial charge on any atom is -0.397 e. The molecule has 0 fully saturated rings. The lowest BCUT2D eigenvalue weighted by molar-refractivity contribution is 0.568. The third-order valence-corrected chi connectivity index (χ3v) is 4.16. The number of thiophene rings is 1. The maximum atomic E-state index is 13.1. The van der Waals surface area contributed by atoms with Gasteiger partial charge in [-0.1, -0.05) is 19.9 Å². The Hall–Kier alpha value is -1.55. The van der Waals surface area contributed by atoms with Crippen molar-refractivity contribution in [3.63, 3.8) is 0 Å². The number of nitrogens with two attached hydrogens (primary N) is 1. The van der Waals surface area contributed by atoms with Gasteiger partial charge in [0.1, 0.15) is 5.82 Å². The zero-order chi connectivity index (χ0) is 13.2. The van der Waals surface area contributed by atoms with Gasteiger partial charge in [0.25, 0.3) is 0 Å². The number of rotatable bonds is 4. The second-order valence-electron chi connectivity index (χ2n) is 4.95. The van der Waals surface area contributed by atoms with Crippen molar-refractivity contribution in [1.29, 1.82) is 0 Å². The molecule has 0 aliphatic carbocycles. The van der Waals surface area contributed by atoms with Crippen LogP contribution in [0.25, 0.3) is 0 Å². The van der Waals surface area contributed by atoms with Gasteiger partial charge in [-0.25, -0.2) is 4.39 Å². The molecule has 0 saturated heterocycles. The van der Waals surface area contributed by atoms with E-state index < -0.39 is 0 Å². The zero-order valence-electron chi connectivity index (χ0n) is 10.5. The Morgan fingerprint density at radius 3 is 2.78 bits per heavy atom. The summed E-state index contributed by atoms with van der Waals surface area (Å²) in [6.07, 6.45) is 0. The topological polar surface area (TPSA) is 38.0 Å². The molecular formula is C14H17FN2S. The monoisotopic (exact) mass is 264 g/mol. The van der Waals surface area contributed by atoms with Crippen LogP contribution >= 0.6 is 11.3 Å². The number of nitrogen functional groups attached to an aromatic ring is 1. The Bertz CT molecular complexity index is 521. The molecule has 1 aromatic carbocycles. The number of nitrogens with one attached hydrogen (secondary N) is 1. The summed E-state index contributed by atoms with van der Waals surface area (Å²) in [7, 11) is 0. The highest BCUT2D eigenvalue weighted by Crippen LogP contribution is 2.29. The molecule has 18 heavy (non-hydrogen) atoms. The Morgan fingerprint density at radius 2 is 2.11 bits per heavy atom. The number of hydrogen-bond acceptors (Lipinski definition) is 3. The summed E-state index contributed by atoms with van der Waals surface area (Å²) >= 11 is 1.73. The van der Waals surface area contributed by atoms with Crippen LogP contribution in [0.15, 0.2) is 35.7 Å². The lowest BCUT2D eigenvalue weighted by Gasteiger charge is -2.24. The fourth-order valence-electron chi connectivity index (χ4n) is 1.75. The maximum absolute atomic E-state index is 13.1. The van der Waals surface area contributed by atoms with Gasteiger partial charge in [0.05, 0.1) is 11.4 Å². The quantitative estimate of drug-likeness (QED) is 0.823. The third-order valence-electron chi connectivity index (χ3n) is 2.92. The normalized spacial score (nSPS) is 11.5. The molecule has 0 radical (unpaired) electrons. The van der Waals surface area contributed by atoms with Crippen molar-refractivity contribution in [3.8, 4) is 0 Å². The molecule has 0 amide bonds. The van der Waals surface area contributed by atoms with E-state index in [4.69, 9.17) is 5.73 Å². The second kappa shape index (κ2) is 4.98. The first kappa shape index (κ1) is 12.9. The van der Waals surface area contributed by atoms with Gasteiger partial charge in [0.15, 0.2) is 0 Å². The van der Waals surface area contributed by atoms with Gasteiger partial charge in [-0.2, -0.15) is 0 Å². The molecule has 0 atom stereocenters. The summed E-state index contributed by atoms with van der Waals surface area (Å²) in [5.74, 6) is -0.277. The average molecular weight is 264 g/mol. The Labute approximate surface area is 111 Å². The Morgan fingerprint density at radius 1 is 1.33 bits per heavy atom. The molecule has 1 heterocycles. The zero-order valence-corrected chi connectivity index (χ0v) is 11.4. The molecule has 0 spiro atoms. The van der Waals surface area contributed by atoms with E-state index in [1.807, 2.05) is 6.07 Å². The number of hydrogen-bond donors (Lipinski definition) is 2. The number of anilines is 2. The van der Waals surface area contributed by atoms with Gasteiger partial charge in [-0.05, 0) is 29.6 Å². The minimum atomic E-state index is -0.277. The highest BCUT2D eigenvalue weighted by Gasteiger charge is 2.21. The molecule has 0 aliphatic rings. The largest absolute Gasteiger partial charge is 0.397 e. The molecule has 96 valence electrons. The van der Waals surface area contributed by atoms with Crippen LogP contribution in [0.3, 0.4) is 0 Å². The van der Waals surface area contributed by atoms with Crippen LogP contribution in [0.2, 0.25) is 0 Å². The predicted molar refractivity (Wildman–Crippen MR) is 76.6 cm³/mol. The molecule has 4 heteroatoms. The van der Waals surface area contributed by atoms with Gasteiger partial charge in [-0.15, -0.1) is 11.3 Å². The van der Waals surface area contributed by atoms with E-state index in [-0.39, 0.29) is 11.2 Å². The SMILES string of the molecule is CC(C)(CNc1cc(F)ccc1N)c1cccs1. The number of benzene rings is 1. The highest BCUT2D eigenvalue weighted by molar-refractivity contribution is 7.10. The van der Waals surface area contributed by atoms with Gasteiger partial charge >= 0.3 is 0 Å². The standard InChI is InChI=1S/C14H17FN2S/c1-14(2,13-4-3-7-18-13)9-17-12-8-10(15)5-6-11(12)16/h3-8,17H,9,16H2,1-2H3. The van der Waals surface area contributed by atoms with E-state index in [1.54, 1.807) is 17.4 Å². The van der Waals surface area contributed by atoms with Crippen molar-refractivity contribution in [2.45, 2.75) is 19.3 Å². The van der Waals surface area contributed by atoms with E-state index >= 15 is 0 Å². The van der Waals surface area contributed by atoms with Crippen molar-refractivity contribution >= 4 is 22.7 Å². The molecule has 2 nitrogen and oxygen atoms in total. The molecule has 0 aliphatic heterocycles.